The molecule has 1 aromatic heterocycles. The molecule has 7 nitrogen and oxygen atoms in total. The molecule has 16 heavy (non-hydrogen) atoms. The van der Waals surface area contributed by atoms with Gasteiger partial charge in [-0.3, -0.25) is 0 Å². The molecule has 0 aliphatic heterocycles. The number of hydrogen-bond donors (Lipinski definition) is 0. The molecular formula is C7H11NO6S2. The average Bonchev–Trinajstić information content (AvgIpc) is 2.44. The van der Waals surface area contributed by atoms with Crippen LogP contribution in [0.1, 0.15) is 5.76 Å². The molecule has 1 rings (SSSR count). The van der Waals surface area contributed by atoms with Crippen molar-refractivity contribution in [3.63, 3.8) is 0 Å². The van der Waals surface area contributed by atoms with Gasteiger partial charge in [0.05, 0.1) is 12.0 Å². The second kappa shape index (κ2) is 4.42. The lowest BCUT2D eigenvalue weighted by Crippen LogP contribution is -2.06. The quantitative estimate of drug-likeness (QED) is 0.670. The SMILES string of the molecule is CS(=O)(=O)CCc1cc(OS(C)(=O)=O)no1. The van der Waals surface area contributed by atoms with E-state index in [1.165, 1.54) is 6.07 Å². The van der Waals surface area contributed by atoms with Crippen molar-refractivity contribution in [2.24, 2.45) is 0 Å². The summed E-state index contributed by atoms with van der Waals surface area (Å²) < 4.78 is 52.3. The number of rotatable bonds is 5. The third-order valence-corrected chi connectivity index (χ3v) is 2.91. The van der Waals surface area contributed by atoms with Crippen LogP contribution in [0.3, 0.4) is 0 Å². The van der Waals surface area contributed by atoms with Crippen molar-refractivity contribution >= 4 is 20.0 Å². The van der Waals surface area contributed by atoms with Crippen LogP contribution in [0.25, 0.3) is 0 Å². The van der Waals surface area contributed by atoms with Crippen LogP contribution in [0.2, 0.25) is 0 Å². The summed E-state index contributed by atoms with van der Waals surface area (Å²) in [5, 5.41) is 3.33. The van der Waals surface area contributed by atoms with Gasteiger partial charge in [-0.25, -0.2) is 8.42 Å². The van der Waals surface area contributed by atoms with E-state index in [9.17, 15) is 16.8 Å². The minimum Gasteiger partial charge on any atom is -0.358 e. The van der Waals surface area contributed by atoms with Gasteiger partial charge < -0.3 is 8.71 Å². The van der Waals surface area contributed by atoms with Crippen LogP contribution in [0.4, 0.5) is 0 Å². The van der Waals surface area contributed by atoms with E-state index in [1.54, 1.807) is 0 Å². The smallest absolute Gasteiger partial charge is 0.307 e. The molecule has 0 aliphatic rings. The van der Waals surface area contributed by atoms with Crippen LogP contribution in [0, 0.1) is 0 Å². The first-order valence-electron chi connectivity index (χ1n) is 4.18. The van der Waals surface area contributed by atoms with E-state index in [4.69, 9.17) is 4.52 Å². The molecular weight excluding hydrogens is 258 g/mol. The van der Waals surface area contributed by atoms with Gasteiger partial charge in [-0.1, -0.05) is 0 Å². The lowest BCUT2D eigenvalue weighted by Gasteiger charge is -1.94. The van der Waals surface area contributed by atoms with Gasteiger partial charge in [-0.05, 0) is 5.16 Å². The van der Waals surface area contributed by atoms with Gasteiger partial charge in [-0.15, -0.1) is 0 Å². The Morgan fingerprint density at radius 2 is 1.94 bits per heavy atom. The molecule has 0 saturated carbocycles. The Kier molecular flexibility index (Phi) is 3.58. The minimum atomic E-state index is -3.65. The lowest BCUT2D eigenvalue weighted by molar-refractivity contribution is 0.362. The van der Waals surface area contributed by atoms with Crippen molar-refractivity contribution in [3.05, 3.63) is 11.8 Å². The van der Waals surface area contributed by atoms with Crippen molar-refractivity contribution in [2.45, 2.75) is 6.42 Å². The van der Waals surface area contributed by atoms with Crippen molar-refractivity contribution in [3.8, 4) is 5.88 Å². The fraction of sp³-hybridized carbons (Fsp3) is 0.571. The molecule has 1 aromatic rings. The third kappa shape index (κ3) is 5.12. The molecule has 0 saturated heterocycles. The molecule has 0 unspecified atom stereocenters. The van der Waals surface area contributed by atoms with Crippen LogP contribution in [-0.4, -0.2) is 40.3 Å². The van der Waals surface area contributed by atoms with Crippen molar-refractivity contribution < 1.29 is 25.5 Å². The summed E-state index contributed by atoms with van der Waals surface area (Å²) in [5.74, 6) is -0.0457. The highest BCUT2D eigenvalue weighted by Gasteiger charge is 2.12. The number of aryl methyl sites for hydroxylation is 1. The van der Waals surface area contributed by atoms with Crippen LogP contribution in [-0.2, 0) is 26.4 Å². The first kappa shape index (κ1) is 13.0. The summed E-state index contributed by atoms with van der Waals surface area (Å²) in [6.45, 7) is 0. The van der Waals surface area contributed by atoms with E-state index in [1.807, 2.05) is 0 Å². The molecule has 0 N–H and O–H groups in total. The number of aromatic nitrogens is 1. The molecule has 1 heterocycles. The Bertz CT molecular complexity index is 555. The maximum atomic E-state index is 10.9. The summed E-state index contributed by atoms with van der Waals surface area (Å²) in [6.07, 6.45) is 2.09. The Balaban J connectivity index is 2.66. The summed E-state index contributed by atoms with van der Waals surface area (Å²) in [6, 6.07) is 1.24. The molecule has 0 amide bonds. The van der Waals surface area contributed by atoms with Gasteiger partial charge >= 0.3 is 10.1 Å². The molecule has 0 aliphatic carbocycles. The lowest BCUT2D eigenvalue weighted by atomic mass is 10.4. The first-order chi connectivity index (χ1) is 7.16. The number of nitrogens with zero attached hydrogens (tertiary/aromatic N) is 1. The predicted octanol–water partition coefficient (Wildman–Crippen LogP) is -0.400. The zero-order valence-electron chi connectivity index (χ0n) is 8.70. The standard InChI is InChI=1S/C7H11NO6S2/c1-15(9,10)4-3-6-5-7(8-13-6)14-16(2,11)12/h5H,3-4H2,1-2H3. The second-order valence-corrected chi connectivity index (χ2v) is 7.13. The number of hydrogen-bond acceptors (Lipinski definition) is 7. The van der Waals surface area contributed by atoms with Crippen LogP contribution < -0.4 is 4.18 Å². The Morgan fingerprint density at radius 3 is 2.44 bits per heavy atom. The number of sulfone groups is 1. The summed E-state index contributed by atoms with van der Waals surface area (Å²) in [4.78, 5) is 0. The topological polar surface area (TPSA) is 104 Å². The van der Waals surface area contributed by atoms with Gasteiger partial charge in [0.15, 0.2) is 0 Å². The van der Waals surface area contributed by atoms with E-state index in [0.29, 0.717) is 0 Å². The van der Waals surface area contributed by atoms with Crippen molar-refractivity contribution in [2.75, 3.05) is 18.3 Å². The Morgan fingerprint density at radius 1 is 1.31 bits per heavy atom. The van der Waals surface area contributed by atoms with Gasteiger partial charge in [0.25, 0.3) is 5.88 Å². The third-order valence-electron chi connectivity index (χ3n) is 1.49. The van der Waals surface area contributed by atoms with Crippen LogP contribution in [0.5, 0.6) is 5.88 Å². The molecule has 0 aromatic carbocycles. The highest BCUT2D eigenvalue weighted by atomic mass is 32.2. The summed E-state index contributed by atoms with van der Waals surface area (Å²) >= 11 is 0. The zero-order chi connectivity index (χ0) is 12.4. The fourth-order valence-electron chi connectivity index (χ4n) is 0.892. The van der Waals surface area contributed by atoms with Gasteiger partial charge in [-0.2, -0.15) is 8.42 Å². The maximum absolute atomic E-state index is 10.9. The van der Waals surface area contributed by atoms with E-state index >= 15 is 0 Å². The van der Waals surface area contributed by atoms with Crippen LogP contribution in [0.15, 0.2) is 10.6 Å². The second-order valence-electron chi connectivity index (χ2n) is 3.30. The monoisotopic (exact) mass is 269 g/mol. The predicted molar refractivity (Wildman–Crippen MR) is 55.4 cm³/mol. The first-order valence-corrected chi connectivity index (χ1v) is 8.06. The van der Waals surface area contributed by atoms with E-state index in [-0.39, 0.29) is 23.8 Å². The minimum absolute atomic E-state index is 0.0967. The fourth-order valence-corrected chi connectivity index (χ4v) is 1.85. The summed E-state index contributed by atoms with van der Waals surface area (Å²) in [7, 11) is -6.74. The Labute approximate surface area is 93.4 Å². The van der Waals surface area contributed by atoms with Crippen molar-refractivity contribution in [1.29, 1.82) is 0 Å². The molecule has 0 fully saturated rings. The molecule has 0 radical (unpaired) electrons. The highest BCUT2D eigenvalue weighted by Crippen LogP contribution is 2.13. The maximum Gasteiger partial charge on any atom is 0.307 e. The van der Waals surface area contributed by atoms with E-state index < -0.39 is 20.0 Å². The van der Waals surface area contributed by atoms with Gasteiger partial charge in [0.2, 0.25) is 0 Å². The highest BCUT2D eigenvalue weighted by molar-refractivity contribution is 7.90. The van der Waals surface area contributed by atoms with E-state index in [2.05, 4.69) is 9.34 Å². The zero-order valence-corrected chi connectivity index (χ0v) is 10.3. The molecule has 0 atom stereocenters. The molecule has 0 bridgehead atoms. The van der Waals surface area contributed by atoms with Gasteiger partial charge in [0.1, 0.15) is 15.6 Å². The van der Waals surface area contributed by atoms with Crippen LogP contribution >= 0.6 is 0 Å². The molecule has 92 valence electrons. The molecule has 9 heteroatoms. The van der Waals surface area contributed by atoms with Crippen molar-refractivity contribution in [1.82, 2.24) is 5.16 Å². The largest absolute Gasteiger partial charge is 0.358 e. The normalized spacial score (nSPS) is 12.6. The van der Waals surface area contributed by atoms with E-state index in [0.717, 1.165) is 12.5 Å². The van der Waals surface area contributed by atoms with Gasteiger partial charge in [0, 0.05) is 18.7 Å². The Hall–Kier alpha value is -1.09. The summed E-state index contributed by atoms with van der Waals surface area (Å²) in [5.41, 5.74) is 0. The molecule has 0 spiro atoms. The average molecular weight is 269 g/mol.